The summed E-state index contributed by atoms with van der Waals surface area (Å²) in [5, 5.41) is 4.38. The number of carbonyl (C=O) groups excluding carboxylic acids is 1. The van der Waals surface area contributed by atoms with Gasteiger partial charge in [-0.05, 0) is 53.5 Å². The van der Waals surface area contributed by atoms with Gasteiger partial charge in [0, 0.05) is 50.5 Å². The zero-order chi connectivity index (χ0) is 18.5. The van der Waals surface area contributed by atoms with Gasteiger partial charge in [0.15, 0.2) is 0 Å². The van der Waals surface area contributed by atoms with Gasteiger partial charge in [0.1, 0.15) is 0 Å². The smallest absolute Gasteiger partial charge is 0.257 e. The number of fused-ring (bicyclic) bond motifs is 2. The summed E-state index contributed by atoms with van der Waals surface area (Å²) >= 11 is 0. The molecular weight excluding hydrogens is 326 g/mol. The fourth-order valence-corrected chi connectivity index (χ4v) is 4.95. The Balaban J connectivity index is 1.34. The largest absolute Gasteiger partial charge is 0.336 e. The first-order valence-electron chi connectivity index (χ1n) is 10.1. The molecule has 26 heavy (non-hydrogen) atoms. The van der Waals surface area contributed by atoms with Crippen LogP contribution in [0.2, 0.25) is 0 Å². The van der Waals surface area contributed by atoms with Crippen molar-refractivity contribution in [2.24, 2.45) is 0 Å². The summed E-state index contributed by atoms with van der Waals surface area (Å²) in [4.78, 5) is 20.1. The highest BCUT2D eigenvalue weighted by Gasteiger charge is 2.41. The monoisotopic (exact) mass is 359 g/mol. The second-order valence-corrected chi connectivity index (χ2v) is 9.35. The summed E-state index contributed by atoms with van der Waals surface area (Å²) in [7, 11) is 2.30. The Morgan fingerprint density at radius 1 is 1.04 bits per heavy atom. The van der Waals surface area contributed by atoms with Crippen molar-refractivity contribution >= 4 is 5.91 Å². The Kier molecular flexibility index (Phi) is 4.59. The van der Waals surface area contributed by atoms with Crippen molar-refractivity contribution in [3.05, 3.63) is 18.0 Å². The molecule has 3 fully saturated rings. The number of aromatic nitrogens is 2. The molecule has 0 N–H and O–H groups in total. The van der Waals surface area contributed by atoms with Gasteiger partial charge in [-0.25, -0.2) is 0 Å². The van der Waals surface area contributed by atoms with Crippen molar-refractivity contribution in [2.45, 2.75) is 70.1 Å². The van der Waals surface area contributed by atoms with Gasteiger partial charge in [-0.15, -0.1) is 0 Å². The van der Waals surface area contributed by atoms with E-state index in [4.69, 9.17) is 0 Å². The molecule has 1 aromatic rings. The maximum absolute atomic E-state index is 12.8. The van der Waals surface area contributed by atoms with E-state index in [0.717, 1.165) is 38.3 Å². The lowest BCUT2D eigenvalue weighted by Crippen LogP contribution is -2.55. The second kappa shape index (κ2) is 6.64. The van der Waals surface area contributed by atoms with Crippen LogP contribution in [0.25, 0.3) is 0 Å². The molecule has 0 saturated carbocycles. The van der Waals surface area contributed by atoms with E-state index >= 15 is 0 Å². The van der Waals surface area contributed by atoms with Gasteiger partial charge in [-0.2, -0.15) is 5.10 Å². The molecule has 2 atom stereocenters. The molecular formula is C20H33N5O. The van der Waals surface area contributed by atoms with E-state index in [1.165, 1.54) is 25.7 Å². The lowest BCUT2D eigenvalue weighted by molar-refractivity contribution is 0.0343. The third kappa shape index (κ3) is 3.29. The molecule has 0 aliphatic carbocycles. The van der Waals surface area contributed by atoms with E-state index in [9.17, 15) is 4.79 Å². The SMILES string of the molecule is CN1C2CCC1CC(N1CCN(C(=O)c3cnn(C(C)(C)C)c3)CC1)C2. The van der Waals surface area contributed by atoms with Crippen LogP contribution < -0.4 is 0 Å². The van der Waals surface area contributed by atoms with Crippen LogP contribution in [0.15, 0.2) is 12.4 Å². The number of nitrogens with zero attached hydrogens (tertiary/aromatic N) is 5. The van der Waals surface area contributed by atoms with Crippen molar-refractivity contribution in [3.8, 4) is 0 Å². The molecule has 6 nitrogen and oxygen atoms in total. The van der Waals surface area contributed by atoms with Crippen LogP contribution >= 0.6 is 0 Å². The van der Waals surface area contributed by atoms with Gasteiger partial charge in [-0.1, -0.05) is 0 Å². The average Bonchev–Trinajstić information content (AvgIpc) is 3.16. The maximum Gasteiger partial charge on any atom is 0.257 e. The highest BCUT2D eigenvalue weighted by atomic mass is 16.2. The molecule has 0 spiro atoms. The minimum atomic E-state index is -0.0925. The first-order chi connectivity index (χ1) is 12.3. The topological polar surface area (TPSA) is 44.6 Å². The number of rotatable bonds is 2. The van der Waals surface area contributed by atoms with Gasteiger partial charge in [0.2, 0.25) is 0 Å². The Labute approximate surface area is 157 Å². The molecule has 0 radical (unpaired) electrons. The molecule has 2 unspecified atom stereocenters. The number of piperidine rings is 1. The Morgan fingerprint density at radius 3 is 2.19 bits per heavy atom. The zero-order valence-electron chi connectivity index (χ0n) is 16.7. The first kappa shape index (κ1) is 18.0. The van der Waals surface area contributed by atoms with Crippen molar-refractivity contribution < 1.29 is 4.79 Å². The molecule has 1 amide bonds. The highest BCUT2D eigenvalue weighted by Crippen LogP contribution is 2.36. The quantitative estimate of drug-likeness (QED) is 0.810. The highest BCUT2D eigenvalue weighted by molar-refractivity contribution is 5.93. The zero-order valence-corrected chi connectivity index (χ0v) is 16.7. The average molecular weight is 360 g/mol. The molecule has 144 valence electrons. The third-order valence-corrected chi connectivity index (χ3v) is 6.71. The summed E-state index contributed by atoms with van der Waals surface area (Å²) < 4.78 is 1.88. The van der Waals surface area contributed by atoms with Gasteiger partial charge in [0.25, 0.3) is 5.91 Å². The standard InChI is InChI=1S/C20H33N5O/c1-20(2,3)25-14-15(13-21-25)19(26)24-9-7-23(8-10-24)18-11-16-5-6-17(12-18)22(16)4/h13-14,16-18H,5-12H2,1-4H3. The lowest BCUT2D eigenvalue weighted by Gasteiger charge is -2.45. The fourth-order valence-electron chi connectivity index (χ4n) is 4.95. The van der Waals surface area contributed by atoms with E-state index in [2.05, 4.69) is 42.7 Å². The lowest BCUT2D eigenvalue weighted by atomic mass is 9.96. The Bertz CT molecular complexity index is 641. The number of piperazine rings is 1. The molecule has 4 heterocycles. The van der Waals surface area contributed by atoms with Crippen LogP contribution in [0.4, 0.5) is 0 Å². The van der Waals surface area contributed by atoms with Gasteiger partial charge < -0.3 is 9.80 Å². The van der Waals surface area contributed by atoms with E-state index in [0.29, 0.717) is 11.6 Å². The minimum absolute atomic E-state index is 0.0925. The van der Waals surface area contributed by atoms with E-state index < -0.39 is 0 Å². The first-order valence-corrected chi connectivity index (χ1v) is 10.1. The fraction of sp³-hybridized carbons (Fsp3) is 0.800. The summed E-state index contributed by atoms with van der Waals surface area (Å²) in [6.07, 6.45) is 8.96. The molecule has 2 bridgehead atoms. The number of hydrogen-bond donors (Lipinski definition) is 0. The summed E-state index contributed by atoms with van der Waals surface area (Å²) in [5.74, 6) is 0.128. The van der Waals surface area contributed by atoms with Crippen molar-refractivity contribution in [3.63, 3.8) is 0 Å². The van der Waals surface area contributed by atoms with Crippen molar-refractivity contribution in [1.29, 1.82) is 0 Å². The molecule has 6 heteroatoms. The molecule has 3 aliphatic heterocycles. The normalized spacial score (nSPS) is 30.8. The van der Waals surface area contributed by atoms with Crippen LogP contribution in [0.5, 0.6) is 0 Å². The van der Waals surface area contributed by atoms with E-state index in [1.54, 1.807) is 6.20 Å². The molecule has 0 aromatic carbocycles. The van der Waals surface area contributed by atoms with Crippen molar-refractivity contribution in [2.75, 3.05) is 33.2 Å². The Morgan fingerprint density at radius 2 is 1.65 bits per heavy atom. The second-order valence-electron chi connectivity index (χ2n) is 9.35. The van der Waals surface area contributed by atoms with Gasteiger partial charge in [-0.3, -0.25) is 14.4 Å². The predicted octanol–water partition coefficient (Wildman–Crippen LogP) is 2.02. The number of amides is 1. The molecule has 4 rings (SSSR count). The molecule has 1 aromatic heterocycles. The molecule has 3 aliphatic rings. The minimum Gasteiger partial charge on any atom is -0.336 e. The van der Waals surface area contributed by atoms with Gasteiger partial charge in [0.05, 0.1) is 17.3 Å². The van der Waals surface area contributed by atoms with Crippen molar-refractivity contribution in [1.82, 2.24) is 24.5 Å². The van der Waals surface area contributed by atoms with Crippen LogP contribution in [-0.4, -0.2) is 81.7 Å². The van der Waals surface area contributed by atoms with Gasteiger partial charge >= 0.3 is 0 Å². The summed E-state index contributed by atoms with van der Waals surface area (Å²) in [5.41, 5.74) is 0.621. The van der Waals surface area contributed by atoms with Crippen LogP contribution in [0.3, 0.4) is 0 Å². The van der Waals surface area contributed by atoms with Crippen LogP contribution in [-0.2, 0) is 5.54 Å². The maximum atomic E-state index is 12.8. The van der Waals surface area contributed by atoms with E-state index in [-0.39, 0.29) is 11.4 Å². The van der Waals surface area contributed by atoms with Crippen LogP contribution in [0, 0.1) is 0 Å². The molecule has 3 saturated heterocycles. The summed E-state index contributed by atoms with van der Waals surface area (Å²) in [6, 6.07) is 2.27. The Hall–Kier alpha value is -1.40. The number of carbonyl (C=O) groups is 1. The summed E-state index contributed by atoms with van der Waals surface area (Å²) in [6.45, 7) is 9.98. The van der Waals surface area contributed by atoms with Crippen LogP contribution in [0.1, 0.15) is 56.8 Å². The van der Waals surface area contributed by atoms with E-state index in [1.807, 2.05) is 15.8 Å². The number of hydrogen-bond acceptors (Lipinski definition) is 4. The third-order valence-electron chi connectivity index (χ3n) is 6.71. The predicted molar refractivity (Wildman–Crippen MR) is 102 cm³/mol.